The Morgan fingerprint density at radius 2 is 1.58 bits per heavy atom. The number of carbonyl (C=O) groups excluding carboxylic acids is 1. The van der Waals surface area contributed by atoms with Crippen molar-refractivity contribution in [1.82, 2.24) is 4.90 Å². The van der Waals surface area contributed by atoms with E-state index in [1.54, 1.807) is 19.2 Å². The van der Waals surface area contributed by atoms with Gasteiger partial charge in [0.15, 0.2) is 0 Å². The first-order chi connectivity index (χ1) is 9.18. The number of likely N-dealkylation sites (N-methyl/N-ethyl adjacent to an activating group) is 1. The summed E-state index contributed by atoms with van der Waals surface area (Å²) >= 11 is 0. The zero-order valence-corrected chi connectivity index (χ0v) is 10.9. The van der Waals surface area contributed by atoms with Crippen LogP contribution in [-0.4, -0.2) is 29.5 Å². The van der Waals surface area contributed by atoms with E-state index in [0.29, 0.717) is 5.56 Å². The summed E-state index contributed by atoms with van der Waals surface area (Å²) in [7, 11) is 1.70. The van der Waals surface area contributed by atoms with Crippen LogP contribution in [0.5, 0.6) is 0 Å². The van der Waals surface area contributed by atoms with E-state index in [0.717, 1.165) is 5.56 Å². The molecule has 0 saturated carbocycles. The SMILES string of the molecule is CN(CC(O)c1ccccc1)C(=O)c1ccccc1. The minimum Gasteiger partial charge on any atom is -0.387 e. The summed E-state index contributed by atoms with van der Waals surface area (Å²) in [6.45, 7) is 0.276. The summed E-state index contributed by atoms with van der Waals surface area (Å²) in [4.78, 5) is 13.7. The van der Waals surface area contributed by atoms with Crippen LogP contribution in [-0.2, 0) is 0 Å². The van der Waals surface area contributed by atoms with Gasteiger partial charge < -0.3 is 10.0 Å². The number of aliphatic hydroxyl groups is 1. The molecule has 0 saturated heterocycles. The fraction of sp³-hybridized carbons (Fsp3) is 0.188. The van der Waals surface area contributed by atoms with Crippen LogP contribution in [0.25, 0.3) is 0 Å². The summed E-state index contributed by atoms with van der Waals surface area (Å²) in [6, 6.07) is 18.4. The van der Waals surface area contributed by atoms with Crippen molar-refractivity contribution in [1.29, 1.82) is 0 Å². The Kier molecular flexibility index (Phi) is 4.31. The average Bonchev–Trinajstić information content (AvgIpc) is 2.48. The zero-order valence-electron chi connectivity index (χ0n) is 10.9. The Bertz CT molecular complexity index is 525. The van der Waals surface area contributed by atoms with Crippen molar-refractivity contribution >= 4 is 5.91 Å². The normalized spacial score (nSPS) is 11.9. The standard InChI is InChI=1S/C16H17NO2/c1-17(16(19)14-10-6-3-7-11-14)12-15(18)13-8-4-2-5-9-13/h2-11,15,18H,12H2,1H3. The average molecular weight is 255 g/mol. The molecule has 3 heteroatoms. The predicted molar refractivity (Wildman–Crippen MR) is 74.8 cm³/mol. The highest BCUT2D eigenvalue weighted by atomic mass is 16.3. The van der Waals surface area contributed by atoms with Gasteiger partial charge in [-0.25, -0.2) is 0 Å². The van der Waals surface area contributed by atoms with Gasteiger partial charge in [0.2, 0.25) is 0 Å². The first kappa shape index (κ1) is 13.3. The molecule has 0 spiro atoms. The van der Waals surface area contributed by atoms with E-state index >= 15 is 0 Å². The van der Waals surface area contributed by atoms with Gasteiger partial charge in [-0.05, 0) is 17.7 Å². The van der Waals surface area contributed by atoms with E-state index in [1.165, 1.54) is 4.90 Å². The molecule has 98 valence electrons. The monoisotopic (exact) mass is 255 g/mol. The summed E-state index contributed by atoms with van der Waals surface area (Å²) in [5.74, 6) is -0.0874. The second-order valence-corrected chi connectivity index (χ2v) is 4.48. The summed E-state index contributed by atoms with van der Waals surface area (Å²) in [5, 5.41) is 10.1. The van der Waals surface area contributed by atoms with Gasteiger partial charge in [-0.15, -0.1) is 0 Å². The van der Waals surface area contributed by atoms with Gasteiger partial charge in [-0.2, -0.15) is 0 Å². The minimum atomic E-state index is -0.668. The summed E-state index contributed by atoms with van der Waals surface area (Å²) in [5.41, 5.74) is 1.44. The van der Waals surface area contributed by atoms with Crippen LogP contribution in [0.2, 0.25) is 0 Å². The van der Waals surface area contributed by atoms with E-state index in [-0.39, 0.29) is 12.5 Å². The molecule has 19 heavy (non-hydrogen) atoms. The van der Waals surface area contributed by atoms with Gasteiger partial charge in [0.25, 0.3) is 5.91 Å². The maximum atomic E-state index is 12.1. The molecular formula is C16H17NO2. The van der Waals surface area contributed by atoms with Crippen LogP contribution >= 0.6 is 0 Å². The number of carbonyl (C=O) groups is 1. The number of benzene rings is 2. The molecule has 3 nitrogen and oxygen atoms in total. The first-order valence-electron chi connectivity index (χ1n) is 6.22. The van der Waals surface area contributed by atoms with E-state index in [9.17, 15) is 9.90 Å². The summed E-state index contributed by atoms with van der Waals surface area (Å²) < 4.78 is 0. The molecule has 0 aliphatic heterocycles. The van der Waals surface area contributed by atoms with Crippen LogP contribution in [0.3, 0.4) is 0 Å². The molecule has 0 radical (unpaired) electrons. The molecule has 1 amide bonds. The number of aliphatic hydroxyl groups excluding tert-OH is 1. The molecule has 2 aromatic carbocycles. The van der Waals surface area contributed by atoms with Crippen LogP contribution in [0.15, 0.2) is 60.7 Å². The molecule has 1 N–H and O–H groups in total. The van der Waals surface area contributed by atoms with E-state index in [2.05, 4.69) is 0 Å². The summed E-state index contributed by atoms with van der Waals surface area (Å²) in [6.07, 6.45) is -0.668. The van der Waals surface area contributed by atoms with Gasteiger partial charge >= 0.3 is 0 Å². The quantitative estimate of drug-likeness (QED) is 0.911. The lowest BCUT2D eigenvalue weighted by molar-refractivity contribution is 0.0681. The van der Waals surface area contributed by atoms with Crippen molar-refractivity contribution in [2.45, 2.75) is 6.10 Å². The third-order valence-corrected chi connectivity index (χ3v) is 3.00. The Hall–Kier alpha value is -2.13. The van der Waals surface area contributed by atoms with E-state index in [4.69, 9.17) is 0 Å². The molecule has 2 aromatic rings. The Morgan fingerprint density at radius 1 is 1.05 bits per heavy atom. The number of nitrogens with zero attached hydrogens (tertiary/aromatic N) is 1. The van der Waals surface area contributed by atoms with Crippen LogP contribution in [0, 0.1) is 0 Å². The van der Waals surface area contributed by atoms with Gasteiger partial charge in [-0.1, -0.05) is 48.5 Å². The lowest BCUT2D eigenvalue weighted by Crippen LogP contribution is -2.31. The highest BCUT2D eigenvalue weighted by molar-refractivity contribution is 5.94. The highest BCUT2D eigenvalue weighted by Gasteiger charge is 2.16. The maximum Gasteiger partial charge on any atom is 0.253 e. The minimum absolute atomic E-state index is 0.0874. The molecule has 2 rings (SSSR count). The Labute approximate surface area is 113 Å². The van der Waals surface area contributed by atoms with Crippen LogP contribution in [0.1, 0.15) is 22.0 Å². The Morgan fingerprint density at radius 3 is 2.16 bits per heavy atom. The van der Waals surface area contributed by atoms with Gasteiger partial charge in [0.1, 0.15) is 0 Å². The third kappa shape index (κ3) is 3.42. The smallest absolute Gasteiger partial charge is 0.253 e. The van der Waals surface area contributed by atoms with Gasteiger partial charge in [-0.3, -0.25) is 4.79 Å². The number of hydrogen-bond acceptors (Lipinski definition) is 2. The van der Waals surface area contributed by atoms with Gasteiger partial charge in [0.05, 0.1) is 12.6 Å². The molecule has 1 unspecified atom stereocenters. The van der Waals surface area contributed by atoms with Crippen LogP contribution < -0.4 is 0 Å². The second-order valence-electron chi connectivity index (χ2n) is 4.48. The molecule has 0 heterocycles. The third-order valence-electron chi connectivity index (χ3n) is 3.00. The molecule has 0 fully saturated rings. The Balaban J connectivity index is 2.02. The zero-order chi connectivity index (χ0) is 13.7. The maximum absolute atomic E-state index is 12.1. The van der Waals surface area contributed by atoms with E-state index < -0.39 is 6.10 Å². The largest absolute Gasteiger partial charge is 0.387 e. The van der Waals surface area contributed by atoms with Crippen molar-refractivity contribution < 1.29 is 9.90 Å². The van der Waals surface area contributed by atoms with Crippen molar-refractivity contribution in [3.05, 3.63) is 71.8 Å². The lowest BCUT2D eigenvalue weighted by atomic mass is 10.1. The molecule has 0 aliphatic rings. The van der Waals surface area contributed by atoms with Crippen molar-refractivity contribution in [2.24, 2.45) is 0 Å². The fourth-order valence-corrected chi connectivity index (χ4v) is 1.92. The molecule has 0 aromatic heterocycles. The van der Waals surface area contributed by atoms with E-state index in [1.807, 2.05) is 48.5 Å². The molecule has 0 aliphatic carbocycles. The second kappa shape index (κ2) is 6.16. The topological polar surface area (TPSA) is 40.5 Å². The van der Waals surface area contributed by atoms with Crippen molar-refractivity contribution in [3.8, 4) is 0 Å². The van der Waals surface area contributed by atoms with Crippen molar-refractivity contribution in [3.63, 3.8) is 0 Å². The molecule has 0 bridgehead atoms. The predicted octanol–water partition coefficient (Wildman–Crippen LogP) is 2.49. The van der Waals surface area contributed by atoms with Crippen LogP contribution in [0.4, 0.5) is 0 Å². The number of rotatable bonds is 4. The number of hydrogen-bond donors (Lipinski definition) is 1. The van der Waals surface area contributed by atoms with Gasteiger partial charge in [0, 0.05) is 12.6 Å². The molecular weight excluding hydrogens is 238 g/mol. The molecule has 1 atom stereocenters. The number of amides is 1. The first-order valence-corrected chi connectivity index (χ1v) is 6.22. The van der Waals surface area contributed by atoms with Crippen molar-refractivity contribution in [2.75, 3.05) is 13.6 Å². The fourth-order valence-electron chi connectivity index (χ4n) is 1.92. The highest BCUT2D eigenvalue weighted by Crippen LogP contribution is 2.14. The lowest BCUT2D eigenvalue weighted by Gasteiger charge is -2.21.